The summed E-state index contributed by atoms with van der Waals surface area (Å²) in [7, 11) is 3.30. The van der Waals surface area contributed by atoms with Crippen LogP contribution in [0.5, 0.6) is 23.0 Å². The van der Waals surface area contributed by atoms with Crippen LogP contribution in [-0.4, -0.2) is 20.8 Å². The first-order valence-electron chi connectivity index (χ1n) is 19.8. The fourth-order valence-electron chi connectivity index (χ4n) is 6.87. The highest BCUT2D eigenvalue weighted by atomic mass is 16.5. The van der Waals surface area contributed by atoms with Crippen molar-refractivity contribution in [2.75, 3.05) is 30.6 Å². The van der Waals surface area contributed by atoms with Gasteiger partial charge in [-0.1, -0.05) is 55.0 Å². The van der Waals surface area contributed by atoms with Crippen molar-refractivity contribution in [1.29, 1.82) is 5.26 Å². The predicted molar refractivity (Wildman–Crippen MR) is 251 cm³/mol. The van der Waals surface area contributed by atoms with Gasteiger partial charge in [0.15, 0.2) is 5.69 Å². The van der Waals surface area contributed by atoms with Gasteiger partial charge in [0.1, 0.15) is 29.1 Å². The Morgan fingerprint density at radius 2 is 0.935 bits per heavy atom. The monoisotopic (exact) mass is 810 g/mol. The number of rotatable bonds is 15. The summed E-state index contributed by atoms with van der Waals surface area (Å²) in [6.45, 7) is 10.5. The van der Waals surface area contributed by atoms with Crippen molar-refractivity contribution in [3.8, 4) is 41.6 Å². The van der Waals surface area contributed by atoms with Crippen molar-refractivity contribution in [3.63, 3.8) is 0 Å². The molecule has 7 aromatic rings. The van der Waals surface area contributed by atoms with Gasteiger partial charge in [-0.25, -0.2) is 4.85 Å². The van der Waals surface area contributed by atoms with Crippen LogP contribution in [0.4, 0.5) is 39.8 Å². The Kier molecular flexibility index (Phi) is 13.3. The van der Waals surface area contributed by atoms with Crippen molar-refractivity contribution in [3.05, 3.63) is 197 Å². The first-order valence-corrected chi connectivity index (χ1v) is 19.8. The van der Waals surface area contributed by atoms with Crippen LogP contribution < -0.4 is 28.7 Å². The Hall–Kier alpha value is -8.64. The highest BCUT2D eigenvalue weighted by Gasteiger charge is 2.15. The van der Waals surface area contributed by atoms with Crippen molar-refractivity contribution in [2.45, 2.75) is 6.92 Å². The minimum Gasteiger partial charge on any atom is -0.497 e. The zero-order valence-electron chi connectivity index (χ0n) is 34.5. The van der Waals surface area contributed by atoms with E-state index in [0.29, 0.717) is 34.7 Å². The van der Waals surface area contributed by atoms with E-state index >= 15 is 0 Å². The molecule has 0 fully saturated rings. The standard InChI is InChI=1S/C54H42N4O4/c1-6-61-52-32-24-48(25-33-52)57(46-20-28-50(59-4)29-21-46)44-16-10-39(11-17-44)8-14-41-37-54(56-3)42(36-43(41)38-55)15-9-40-12-18-45(19-13-40)58(47-22-30-51(60-5)31-23-47)49-26-34-53(35-27-49)62-7-2/h2,8-37H,6H2,1,4-5H3. The van der Waals surface area contributed by atoms with Crippen LogP contribution in [-0.2, 0) is 0 Å². The van der Waals surface area contributed by atoms with Crippen molar-refractivity contribution < 1.29 is 18.9 Å². The van der Waals surface area contributed by atoms with Crippen LogP contribution in [0.25, 0.3) is 29.1 Å². The molecular formula is C54H42N4O4. The molecule has 0 aromatic heterocycles. The van der Waals surface area contributed by atoms with Gasteiger partial charge in [-0.05, 0) is 163 Å². The van der Waals surface area contributed by atoms with Gasteiger partial charge in [0.05, 0.1) is 39.0 Å². The summed E-state index contributed by atoms with van der Waals surface area (Å²) >= 11 is 0. The molecule has 7 rings (SSSR count). The molecule has 0 N–H and O–H groups in total. The van der Waals surface area contributed by atoms with E-state index in [0.717, 1.165) is 62.5 Å². The number of hydrogen-bond acceptors (Lipinski definition) is 7. The highest BCUT2D eigenvalue weighted by Crippen LogP contribution is 2.38. The van der Waals surface area contributed by atoms with E-state index in [-0.39, 0.29) is 0 Å². The quantitative estimate of drug-likeness (QED) is 0.0580. The molecule has 0 saturated carbocycles. The number of methoxy groups -OCH3 is 2. The van der Waals surface area contributed by atoms with Crippen molar-refractivity contribution in [1.82, 2.24) is 0 Å². The molecule has 0 amide bonds. The fraction of sp³-hybridized carbons (Fsp3) is 0.0741. The summed E-state index contributed by atoms with van der Waals surface area (Å²) < 4.78 is 21.7. The first kappa shape index (κ1) is 41.5. The molecule has 0 radical (unpaired) electrons. The second-order valence-corrected chi connectivity index (χ2v) is 13.8. The Bertz CT molecular complexity index is 2790. The second kappa shape index (κ2) is 19.9. The van der Waals surface area contributed by atoms with E-state index in [9.17, 15) is 5.26 Å². The molecule has 62 heavy (non-hydrogen) atoms. The van der Waals surface area contributed by atoms with Gasteiger partial charge in [-0.3, -0.25) is 0 Å². The molecule has 0 aliphatic carbocycles. The number of ether oxygens (including phenoxy) is 4. The van der Waals surface area contributed by atoms with E-state index in [2.05, 4.69) is 39.0 Å². The van der Waals surface area contributed by atoms with Crippen LogP contribution >= 0.6 is 0 Å². The molecule has 0 spiro atoms. The van der Waals surface area contributed by atoms with Crippen LogP contribution in [0.15, 0.2) is 158 Å². The Morgan fingerprint density at radius 3 is 1.31 bits per heavy atom. The normalized spacial score (nSPS) is 10.7. The summed E-state index contributed by atoms with van der Waals surface area (Å²) in [6.07, 6.45) is 15.2. The lowest BCUT2D eigenvalue weighted by molar-refractivity contribution is 0.340. The molecule has 0 atom stereocenters. The number of terminal acetylenes is 1. The molecule has 0 aliphatic heterocycles. The third-order valence-electron chi connectivity index (χ3n) is 9.99. The lowest BCUT2D eigenvalue weighted by Gasteiger charge is -2.26. The highest BCUT2D eigenvalue weighted by molar-refractivity contribution is 5.84. The van der Waals surface area contributed by atoms with E-state index in [1.54, 1.807) is 26.4 Å². The summed E-state index contributed by atoms with van der Waals surface area (Å²) in [5, 5.41) is 10.2. The van der Waals surface area contributed by atoms with Gasteiger partial charge in [0.2, 0.25) is 0 Å². The summed E-state index contributed by atoms with van der Waals surface area (Å²) in [4.78, 5) is 8.10. The second-order valence-electron chi connectivity index (χ2n) is 13.8. The molecule has 0 saturated heterocycles. The number of nitriles is 1. The van der Waals surface area contributed by atoms with Crippen LogP contribution in [0, 0.1) is 30.4 Å². The lowest BCUT2D eigenvalue weighted by atomic mass is 10.0. The first-order chi connectivity index (χ1) is 30.4. The predicted octanol–water partition coefficient (Wildman–Crippen LogP) is 13.8. The maximum Gasteiger partial charge on any atom is 0.194 e. The molecule has 8 nitrogen and oxygen atoms in total. The van der Waals surface area contributed by atoms with Crippen molar-refractivity contribution in [2.24, 2.45) is 0 Å². The topological polar surface area (TPSA) is 71.6 Å². The largest absolute Gasteiger partial charge is 0.497 e. The van der Waals surface area contributed by atoms with Gasteiger partial charge in [0, 0.05) is 34.1 Å². The lowest BCUT2D eigenvalue weighted by Crippen LogP contribution is -2.09. The number of benzene rings is 7. The summed E-state index contributed by atoms with van der Waals surface area (Å²) in [5.41, 5.74) is 9.80. The molecule has 302 valence electrons. The average Bonchev–Trinajstić information content (AvgIpc) is 3.32. The van der Waals surface area contributed by atoms with E-state index in [4.69, 9.17) is 31.9 Å². The number of anilines is 6. The molecular weight excluding hydrogens is 769 g/mol. The fourth-order valence-corrected chi connectivity index (χ4v) is 6.87. The molecule has 0 heterocycles. The van der Waals surface area contributed by atoms with E-state index in [1.165, 1.54) is 0 Å². The maximum atomic E-state index is 10.2. The summed E-state index contributed by atoms with van der Waals surface area (Å²) in [5.74, 6) is 2.92. The molecule has 0 unspecified atom stereocenters. The van der Waals surface area contributed by atoms with Gasteiger partial charge in [-0.15, -0.1) is 0 Å². The van der Waals surface area contributed by atoms with E-state index < -0.39 is 0 Å². The third kappa shape index (κ3) is 9.79. The Labute approximate surface area is 363 Å². The van der Waals surface area contributed by atoms with Gasteiger partial charge in [0.25, 0.3) is 0 Å². The Balaban J connectivity index is 1.10. The van der Waals surface area contributed by atoms with Crippen LogP contribution in [0.1, 0.15) is 34.7 Å². The van der Waals surface area contributed by atoms with Gasteiger partial charge in [-0.2, -0.15) is 5.26 Å². The smallest absolute Gasteiger partial charge is 0.194 e. The van der Waals surface area contributed by atoms with Crippen molar-refractivity contribution >= 4 is 64.1 Å². The number of hydrogen-bond donors (Lipinski definition) is 0. The molecule has 0 bridgehead atoms. The molecule has 0 aliphatic rings. The summed E-state index contributed by atoms with van der Waals surface area (Å²) in [6, 6.07) is 53.4. The minimum atomic E-state index is 0.445. The average molecular weight is 811 g/mol. The SMILES string of the molecule is [C-]#[N+]c1cc(C=Cc2ccc(N(c3ccc(OC)cc3)c3ccc(OCC)cc3)cc2)c(C#N)cc1C=Cc1ccc(N(c2ccc(OC)cc2)c2ccc(OC#C)cc2)cc1. The number of nitrogens with zero attached hydrogens (tertiary/aromatic N) is 4. The van der Waals surface area contributed by atoms with Gasteiger partial charge >= 0.3 is 0 Å². The zero-order chi connectivity index (χ0) is 43.3. The molecule has 8 heteroatoms. The minimum absolute atomic E-state index is 0.445. The van der Waals surface area contributed by atoms with Crippen LogP contribution in [0.3, 0.4) is 0 Å². The maximum absolute atomic E-state index is 10.2. The Morgan fingerprint density at radius 1 is 0.548 bits per heavy atom. The van der Waals surface area contributed by atoms with Gasteiger partial charge < -0.3 is 28.7 Å². The zero-order valence-corrected chi connectivity index (χ0v) is 34.5. The van der Waals surface area contributed by atoms with E-state index in [1.807, 2.05) is 165 Å². The molecule has 7 aromatic carbocycles. The van der Waals surface area contributed by atoms with Crippen LogP contribution in [0.2, 0.25) is 0 Å². The third-order valence-corrected chi connectivity index (χ3v) is 9.99.